The molecule has 4 rings (SSSR count). The van der Waals surface area contributed by atoms with Crippen LogP contribution in [0.2, 0.25) is 0 Å². The van der Waals surface area contributed by atoms with Crippen LogP contribution in [0.5, 0.6) is 5.88 Å². The maximum absolute atomic E-state index is 12.9. The van der Waals surface area contributed by atoms with Crippen LogP contribution in [0.3, 0.4) is 0 Å². The van der Waals surface area contributed by atoms with Crippen LogP contribution < -0.4 is 4.74 Å². The molecule has 1 saturated carbocycles. The van der Waals surface area contributed by atoms with Crippen molar-refractivity contribution in [1.29, 1.82) is 0 Å². The van der Waals surface area contributed by atoms with Gasteiger partial charge < -0.3 is 18.9 Å². The molecule has 1 aliphatic heterocycles. The molecule has 1 aromatic carbocycles. The van der Waals surface area contributed by atoms with Gasteiger partial charge in [-0.1, -0.05) is 12.1 Å². The first kappa shape index (κ1) is 20.0. The molecule has 156 valence electrons. The molecule has 1 unspecified atom stereocenters. The highest BCUT2D eigenvalue weighted by Crippen LogP contribution is 2.42. The van der Waals surface area contributed by atoms with Crippen molar-refractivity contribution >= 4 is 17.0 Å². The number of rotatable bonds is 6. The fourth-order valence-corrected chi connectivity index (χ4v) is 4.53. The maximum Gasteiger partial charge on any atom is 0.309 e. The fraction of sp³-hybridized carbons (Fsp3) is 0.591. The smallest absolute Gasteiger partial charge is 0.309 e. The zero-order valence-electron chi connectivity index (χ0n) is 17.1. The average Bonchev–Trinajstić information content (AvgIpc) is 3.20. The van der Waals surface area contributed by atoms with E-state index in [9.17, 15) is 4.79 Å². The highest BCUT2D eigenvalue weighted by Gasteiger charge is 2.43. The number of hydrogen-bond acceptors (Lipinski definition) is 7. The lowest BCUT2D eigenvalue weighted by Crippen LogP contribution is -2.39. The van der Waals surface area contributed by atoms with Crippen LogP contribution >= 0.6 is 0 Å². The van der Waals surface area contributed by atoms with E-state index in [2.05, 4.69) is 9.97 Å². The summed E-state index contributed by atoms with van der Waals surface area (Å²) in [7, 11) is 1.57. The van der Waals surface area contributed by atoms with Crippen molar-refractivity contribution in [3.8, 4) is 5.88 Å². The summed E-state index contributed by atoms with van der Waals surface area (Å²) in [6, 6.07) is 5.89. The summed E-state index contributed by atoms with van der Waals surface area (Å²) in [5.74, 6) is -0.121. The monoisotopic (exact) mass is 400 g/mol. The van der Waals surface area contributed by atoms with Crippen molar-refractivity contribution in [2.75, 3.05) is 26.9 Å². The minimum atomic E-state index is -0.437. The van der Waals surface area contributed by atoms with E-state index >= 15 is 0 Å². The molecular formula is C22H28N2O5. The molecular weight excluding hydrogens is 372 g/mol. The highest BCUT2D eigenvalue weighted by atomic mass is 16.7. The van der Waals surface area contributed by atoms with Gasteiger partial charge in [0.2, 0.25) is 5.88 Å². The van der Waals surface area contributed by atoms with Crippen LogP contribution in [0.15, 0.2) is 24.4 Å². The second-order valence-corrected chi connectivity index (χ2v) is 7.70. The number of nitrogens with zero attached hydrogens (tertiary/aromatic N) is 2. The van der Waals surface area contributed by atoms with Crippen LogP contribution in [0, 0.1) is 11.8 Å². The van der Waals surface area contributed by atoms with E-state index in [-0.39, 0.29) is 17.8 Å². The van der Waals surface area contributed by atoms with Crippen LogP contribution in [0.1, 0.15) is 38.2 Å². The molecule has 0 bridgehead atoms. The molecule has 1 aliphatic carbocycles. The van der Waals surface area contributed by atoms with Crippen molar-refractivity contribution in [2.24, 2.45) is 11.8 Å². The molecule has 1 aromatic heterocycles. The van der Waals surface area contributed by atoms with Crippen LogP contribution in [-0.4, -0.2) is 48.7 Å². The number of carbonyl (C=O) groups is 1. The summed E-state index contributed by atoms with van der Waals surface area (Å²) in [4.78, 5) is 21.9. The molecule has 2 aliphatic rings. The lowest BCUT2D eigenvalue weighted by atomic mass is 9.75. The molecule has 0 N–H and O–H groups in total. The van der Waals surface area contributed by atoms with Gasteiger partial charge in [-0.25, -0.2) is 9.97 Å². The van der Waals surface area contributed by atoms with Gasteiger partial charge in [-0.2, -0.15) is 0 Å². The van der Waals surface area contributed by atoms with Crippen molar-refractivity contribution < 1.29 is 23.7 Å². The summed E-state index contributed by atoms with van der Waals surface area (Å²) < 4.78 is 22.4. The molecule has 1 spiro atoms. The Hall–Kier alpha value is -2.25. The quantitative estimate of drug-likeness (QED) is 0.688. The molecule has 2 heterocycles. The lowest BCUT2D eigenvalue weighted by Gasteiger charge is -2.37. The Morgan fingerprint density at radius 3 is 2.72 bits per heavy atom. The minimum Gasteiger partial charge on any atom is -0.480 e. The number of carbonyl (C=O) groups excluding carboxylic acids is 1. The molecule has 1 atom stereocenters. The van der Waals surface area contributed by atoms with E-state index in [0.717, 1.165) is 42.3 Å². The Labute approximate surface area is 170 Å². The second kappa shape index (κ2) is 8.63. The number of esters is 1. The molecule has 0 amide bonds. The van der Waals surface area contributed by atoms with Gasteiger partial charge in [0.15, 0.2) is 5.79 Å². The summed E-state index contributed by atoms with van der Waals surface area (Å²) in [5.41, 5.74) is 2.55. The molecule has 2 aromatic rings. The standard InChI is InChI=1S/C22H28N2O5/c1-3-27-21(25)17(15-7-9-22(10-8-15)28-11-12-29-22)13-16-5-4-6-18-20(16)24-19(26-2)14-23-18/h4-6,14-15,17H,3,7-13H2,1-2H3. The average molecular weight is 400 g/mol. The van der Waals surface area contributed by atoms with Crippen LogP contribution in [-0.2, 0) is 25.4 Å². The van der Waals surface area contributed by atoms with Crippen molar-refractivity contribution in [2.45, 2.75) is 44.8 Å². The van der Waals surface area contributed by atoms with Gasteiger partial charge in [-0.05, 0) is 43.7 Å². The Balaban J connectivity index is 1.58. The van der Waals surface area contributed by atoms with Gasteiger partial charge in [0.1, 0.15) is 0 Å². The van der Waals surface area contributed by atoms with Gasteiger partial charge in [-0.15, -0.1) is 0 Å². The molecule has 2 fully saturated rings. The normalized spacial score (nSPS) is 20.1. The van der Waals surface area contributed by atoms with Gasteiger partial charge in [0.05, 0.1) is 50.1 Å². The highest BCUT2D eigenvalue weighted by molar-refractivity contribution is 5.80. The van der Waals surface area contributed by atoms with Gasteiger partial charge in [-0.3, -0.25) is 4.79 Å². The van der Waals surface area contributed by atoms with Crippen LogP contribution in [0.4, 0.5) is 0 Å². The number of hydrogen-bond donors (Lipinski definition) is 0. The third kappa shape index (κ3) is 4.21. The number of ether oxygens (including phenoxy) is 4. The largest absolute Gasteiger partial charge is 0.480 e. The topological polar surface area (TPSA) is 79.8 Å². The summed E-state index contributed by atoms with van der Waals surface area (Å²) in [6.45, 7) is 3.53. The molecule has 0 radical (unpaired) electrons. The van der Waals surface area contributed by atoms with Gasteiger partial charge >= 0.3 is 5.97 Å². The van der Waals surface area contributed by atoms with Crippen LogP contribution in [0.25, 0.3) is 11.0 Å². The first-order valence-corrected chi connectivity index (χ1v) is 10.4. The third-order valence-corrected chi connectivity index (χ3v) is 6.05. The van der Waals surface area contributed by atoms with Gasteiger partial charge in [0, 0.05) is 12.8 Å². The third-order valence-electron chi connectivity index (χ3n) is 6.05. The van der Waals surface area contributed by atoms with E-state index in [4.69, 9.17) is 18.9 Å². The SMILES string of the molecule is CCOC(=O)C(Cc1cccc2ncc(OC)nc12)C1CCC2(CC1)OCCO2. The molecule has 1 saturated heterocycles. The zero-order chi connectivity index (χ0) is 20.3. The Morgan fingerprint density at radius 1 is 1.28 bits per heavy atom. The van der Waals surface area contributed by atoms with E-state index < -0.39 is 5.79 Å². The van der Waals surface area contributed by atoms with E-state index in [1.54, 1.807) is 13.3 Å². The van der Waals surface area contributed by atoms with Crippen molar-refractivity contribution in [3.63, 3.8) is 0 Å². The summed E-state index contributed by atoms with van der Waals surface area (Å²) in [6.07, 6.45) is 5.56. The molecule has 7 heteroatoms. The Bertz CT molecular complexity index is 855. The number of para-hydroxylation sites is 1. The number of aromatic nitrogens is 2. The first-order chi connectivity index (χ1) is 14.1. The predicted molar refractivity (Wildman–Crippen MR) is 107 cm³/mol. The number of fused-ring (bicyclic) bond motifs is 1. The summed E-state index contributed by atoms with van der Waals surface area (Å²) in [5, 5.41) is 0. The second-order valence-electron chi connectivity index (χ2n) is 7.70. The number of benzene rings is 1. The summed E-state index contributed by atoms with van der Waals surface area (Å²) >= 11 is 0. The van der Waals surface area contributed by atoms with Gasteiger partial charge in [0.25, 0.3) is 0 Å². The molecule has 29 heavy (non-hydrogen) atoms. The molecule has 7 nitrogen and oxygen atoms in total. The number of methoxy groups -OCH3 is 1. The minimum absolute atomic E-state index is 0.144. The van der Waals surface area contributed by atoms with E-state index in [1.807, 2.05) is 25.1 Å². The fourth-order valence-electron chi connectivity index (χ4n) is 4.53. The Morgan fingerprint density at radius 2 is 2.03 bits per heavy atom. The Kier molecular flexibility index (Phi) is 5.96. The predicted octanol–water partition coefficient (Wildman–Crippen LogP) is 3.29. The van der Waals surface area contributed by atoms with E-state index in [1.165, 1.54) is 0 Å². The zero-order valence-corrected chi connectivity index (χ0v) is 17.1. The maximum atomic E-state index is 12.9. The van der Waals surface area contributed by atoms with Crippen molar-refractivity contribution in [1.82, 2.24) is 9.97 Å². The van der Waals surface area contributed by atoms with Crippen molar-refractivity contribution in [3.05, 3.63) is 30.0 Å². The first-order valence-electron chi connectivity index (χ1n) is 10.4. The van der Waals surface area contributed by atoms with E-state index in [0.29, 0.717) is 32.1 Å². The lowest BCUT2D eigenvalue weighted by molar-refractivity contribution is -0.187.